The Kier molecular flexibility index (Phi) is 30.1. The smallest absolute Gasteiger partial charge is 0.793 e. The van der Waals surface area contributed by atoms with Gasteiger partial charge in [-0.3, -0.25) is 0 Å². The molecule has 0 rings (SSSR count). The van der Waals surface area contributed by atoms with Crippen LogP contribution in [0.15, 0.2) is 0 Å². The molecule has 0 N–H and O–H groups in total. The Morgan fingerprint density at radius 2 is 0.933 bits per heavy atom. The molecule has 176 valence electrons. The van der Waals surface area contributed by atoms with E-state index < -0.39 is 5.69 Å². The van der Waals surface area contributed by atoms with E-state index in [1.54, 1.807) is 0 Å². The molecule has 30 heavy (non-hydrogen) atoms. The first-order valence-electron chi connectivity index (χ1n) is 12.7. The van der Waals surface area contributed by atoms with E-state index in [1.165, 1.54) is 127 Å². The fourth-order valence-electron chi connectivity index (χ4n) is 3.57. The normalized spacial score (nSPS) is 13.2. The molecule has 0 saturated carbocycles. The average Bonchev–Trinajstić information content (AvgIpc) is 2.70. The Balaban J connectivity index is 0. The third-order valence-corrected chi connectivity index (χ3v) is 9.86. The van der Waals surface area contributed by atoms with Gasteiger partial charge in [-0.2, -0.15) is 0 Å². The second-order valence-corrected chi connectivity index (χ2v) is 14.6. The Morgan fingerprint density at radius 1 is 0.600 bits per heavy atom. The number of hydrogen-bond donors (Lipinski definition) is 0. The SMILES string of the molecule is CCCCCCCCCCCCOP([O-])(=S)SCCCCCCCCCCCC.[Zn+2]. The van der Waals surface area contributed by atoms with Crippen LogP contribution in [0.2, 0.25) is 0 Å². The first kappa shape index (κ1) is 33.7. The summed E-state index contributed by atoms with van der Waals surface area (Å²) < 4.78 is 5.53. The predicted octanol–water partition coefficient (Wildman–Crippen LogP) is 9.16. The molecule has 0 aromatic rings. The van der Waals surface area contributed by atoms with E-state index in [9.17, 15) is 4.89 Å². The van der Waals surface area contributed by atoms with Crippen LogP contribution in [0.5, 0.6) is 0 Å². The maximum absolute atomic E-state index is 12.3. The third kappa shape index (κ3) is 27.6. The molecule has 0 aliphatic carbocycles. The van der Waals surface area contributed by atoms with Crippen molar-refractivity contribution in [2.45, 2.75) is 142 Å². The van der Waals surface area contributed by atoms with Crippen molar-refractivity contribution in [3.63, 3.8) is 0 Å². The van der Waals surface area contributed by atoms with E-state index in [0.29, 0.717) is 6.61 Å². The Morgan fingerprint density at radius 3 is 1.33 bits per heavy atom. The molecule has 0 bridgehead atoms. The van der Waals surface area contributed by atoms with Gasteiger partial charge in [-0.15, -0.1) is 11.4 Å². The standard InChI is InChI=1S/C24H51O2PS2.Zn/c1-3-5-7-9-11-13-15-17-19-21-23-26-27(25,28)29-24-22-20-18-16-14-12-10-8-6-4-2;/h3-24H2,1-2H3,(H,25,28);/q;+2/p-1. The van der Waals surface area contributed by atoms with Gasteiger partial charge in [0.1, 0.15) is 0 Å². The Hall–Kier alpha value is 1.54. The summed E-state index contributed by atoms with van der Waals surface area (Å²) in [6.45, 7) is 5.10. The molecule has 0 aromatic heterocycles. The van der Waals surface area contributed by atoms with Crippen molar-refractivity contribution in [3.8, 4) is 0 Å². The van der Waals surface area contributed by atoms with E-state index in [0.717, 1.165) is 18.6 Å². The minimum atomic E-state index is -2.85. The number of hydrogen-bond acceptors (Lipinski definition) is 4. The summed E-state index contributed by atoms with van der Waals surface area (Å²) in [5.41, 5.74) is -2.85. The van der Waals surface area contributed by atoms with Gasteiger partial charge in [0.05, 0.1) is 6.61 Å². The van der Waals surface area contributed by atoms with Crippen LogP contribution in [0.1, 0.15) is 142 Å². The van der Waals surface area contributed by atoms with Gasteiger partial charge in [-0.25, -0.2) is 0 Å². The zero-order chi connectivity index (χ0) is 21.5. The molecule has 0 amide bonds. The van der Waals surface area contributed by atoms with Gasteiger partial charge in [0, 0.05) is 5.69 Å². The van der Waals surface area contributed by atoms with Crippen LogP contribution < -0.4 is 4.89 Å². The second kappa shape index (κ2) is 26.8. The first-order valence-corrected chi connectivity index (χ1v) is 17.0. The molecule has 0 aromatic carbocycles. The van der Waals surface area contributed by atoms with Gasteiger partial charge < -0.3 is 9.42 Å². The van der Waals surface area contributed by atoms with Crippen molar-refractivity contribution < 1.29 is 28.9 Å². The van der Waals surface area contributed by atoms with Crippen molar-refractivity contribution >= 4 is 28.9 Å². The number of unbranched alkanes of at least 4 members (excludes halogenated alkanes) is 18. The van der Waals surface area contributed by atoms with Crippen molar-refractivity contribution in [1.82, 2.24) is 0 Å². The first-order chi connectivity index (χ1) is 14.1. The zero-order valence-corrected chi connectivity index (χ0v) is 25.8. The van der Waals surface area contributed by atoms with Gasteiger partial charge >= 0.3 is 19.5 Å². The van der Waals surface area contributed by atoms with Crippen LogP contribution in [-0.4, -0.2) is 12.4 Å². The van der Waals surface area contributed by atoms with Gasteiger partial charge in [-0.1, -0.05) is 141 Å². The van der Waals surface area contributed by atoms with E-state index >= 15 is 0 Å². The van der Waals surface area contributed by atoms with E-state index in [2.05, 4.69) is 13.8 Å². The average molecular weight is 531 g/mol. The molecule has 0 radical (unpaired) electrons. The Labute approximate surface area is 211 Å². The van der Waals surface area contributed by atoms with E-state index in [4.69, 9.17) is 16.3 Å². The fraction of sp³-hybridized carbons (Fsp3) is 1.00. The predicted molar refractivity (Wildman–Crippen MR) is 136 cm³/mol. The molecular weight excluding hydrogens is 481 g/mol. The van der Waals surface area contributed by atoms with Crippen molar-refractivity contribution in [3.05, 3.63) is 0 Å². The summed E-state index contributed by atoms with van der Waals surface area (Å²) in [5, 5.41) is 0. The molecule has 1 unspecified atom stereocenters. The minimum absolute atomic E-state index is 0. The Bertz CT molecular complexity index is 343. The quantitative estimate of drug-likeness (QED) is 0.0707. The summed E-state index contributed by atoms with van der Waals surface area (Å²) in [4.78, 5) is 12.3. The summed E-state index contributed by atoms with van der Waals surface area (Å²) in [6.07, 6.45) is 26.3. The minimum Gasteiger partial charge on any atom is -0.793 e. The van der Waals surface area contributed by atoms with E-state index in [1.807, 2.05) is 0 Å². The zero-order valence-electron chi connectivity index (χ0n) is 20.3. The van der Waals surface area contributed by atoms with Gasteiger partial charge in [0.15, 0.2) is 0 Å². The third-order valence-electron chi connectivity index (χ3n) is 5.49. The topological polar surface area (TPSA) is 32.3 Å². The molecule has 0 aliphatic heterocycles. The molecule has 0 heterocycles. The van der Waals surface area contributed by atoms with Gasteiger partial charge in [0.25, 0.3) is 0 Å². The molecule has 0 fully saturated rings. The molecule has 1 atom stereocenters. The van der Waals surface area contributed by atoms with Crippen molar-refractivity contribution in [1.29, 1.82) is 0 Å². The van der Waals surface area contributed by atoms with Crippen LogP contribution >= 0.6 is 17.1 Å². The second-order valence-electron chi connectivity index (χ2n) is 8.48. The molecular formula is C24H50O2PS2Zn+. The fourth-order valence-corrected chi connectivity index (χ4v) is 6.95. The monoisotopic (exact) mass is 529 g/mol. The largest absolute Gasteiger partial charge is 2.00 e. The number of rotatable bonds is 24. The summed E-state index contributed by atoms with van der Waals surface area (Å²) in [5.74, 6) is 0.884. The molecule has 0 spiro atoms. The van der Waals surface area contributed by atoms with Gasteiger partial charge in [0.2, 0.25) is 0 Å². The van der Waals surface area contributed by atoms with Crippen LogP contribution in [0.25, 0.3) is 0 Å². The maximum atomic E-state index is 12.3. The van der Waals surface area contributed by atoms with Crippen molar-refractivity contribution in [2.24, 2.45) is 0 Å². The van der Waals surface area contributed by atoms with Crippen LogP contribution in [-0.2, 0) is 35.8 Å². The van der Waals surface area contributed by atoms with Crippen molar-refractivity contribution in [2.75, 3.05) is 12.4 Å². The van der Waals surface area contributed by atoms with Crippen LogP contribution in [0, 0.1) is 0 Å². The summed E-state index contributed by atoms with van der Waals surface area (Å²) in [7, 11) is 0. The molecule has 2 nitrogen and oxygen atoms in total. The molecule has 0 aliphatic rings. The summed E-state index contributed by atoms with van der Waals surface area (Å²) >= 11 is 6.57. The maximum Gasteiger partial charge on any atom is 2.00 e. The van der Waals surface area contributed by atoms with Crippen LogP contribution in [0.3, 0.4) is 0 Å². The van der Waals surface area contributed by atoms with Crippen LogP contribution in [0.4, 0.5) is 0 Å². The molecule has 6 heteroatoms. The summed E-state index contributed by atoms with van der Waals surface area (Å²) in [6, 6.07) is 0. The van der Waals surface area contributed by atoms with E-state index in [-0.39, 0.29) is 19.5 Å². The van der Waals surface area contributed by atoms with Gasteiger partial charge in [-0.05, 0) is 18.6 Å². The molecule has 0 saturated heterocycles.